The molecule has 1 atom stereocenters. The van der Waals surface area contributed by atoms with Crippen LogP contribution in [-0.4, -0.2) is 36.0 Å². The maximum absolute atomic E-state index is 14.1. The second kappa shape index (κ2) is 9.19. The van der Waals surface area contributed by atoms with Gasteiger partial charge in [-0.2, -0.15) is 0 Å². The lowest BCUT2D eigenvalue weighted by Gasteiger charge is -2.21. The normalized spacial score (nSPS) is 12.8. The lowest BCUT2D eigenvalue weighted by molar-refractivity contribution is 0.0942. The van der Waals surface area contributed by atoms with Gasteiger partial charge in [0, 0.05) is 11.8 Å². The molecule has 0 fully saturated rings. The number of benzene rings is 3. The lowest BCUT2D eigenvalue weighted by Crippen LogP contribution is -2.30. The van der Waals surface area contributed by atoms with Crippen molar-refractivity contribution in [2.24, 2.45) is 0 Å². The summed E-state index contributed by atoms with van der Waals surface area (Å²) >= 11 is 0. The van der Waals surface area contributed by atoms with Crippen molar-refractivity contribution in [3.63, 3.8) is 0 Å². The Kier molecular flexibility index (Phi) is 6.77. The van der Waals surface area contributed by atoms with Gasteiger partial charge in [0.1, 0.15) is 10.7 Å². The van der Waals surface area contributed by atoms with Crippen molar-refractivity contribution < 1.29 is 26.0 Å². The minimum absolute atomic E-state index is 0.0691. The molecule has 32 heavy (non-hydrogen) atoms. The number of hydrogen-bond acceptors (Lipinski definition) is 5. The Bertz CT molecular complexity index is 1360. The second-order valence-electron chi connectivity index (χ2n) is 7.01. The predicted octanol–water partition coefficient (Wildman–Crippen LogP) is 2.66. The minimum Gasteiger partial charge on any atom is -0.341 e. The summed E-state index contributed by atoms with van der Waals surface area (Å²) in [7, 11) is -6.45. The first-order chi connectivity index (χ1) is 15.0. The van der Waals surface area contributed by atoms with Gasteiger partial charge < -0.3 is 5.32 Å². The molecule has 0 saturated carbocycles. The van der Waals surface area contributed by atoms with Crippen molar-refractivity contribution in [3.05, 3.63) is 95.3 Å². The molecule has 0 saturated heterocycles. The Morgan fingerprint density at radius 1 is 0.875 bits per heavy atom. The van der Waals surface area contributed by atoms with Gasteiger partial charge in [0.25, 0.3) is 5.91 Å². The molecule has 0 aliphatic heterocycles. The molecular weight excluding hydrogens is 455 g/mol. The molecule has 0 radical (unpaired) electrons. The standard InChI is InChI=1S/C22H21FN2O5S2/c1-24-32(29,30)20-14-17(11-12-19(20)23)22(26)25-21(15-7-4-3-5-8-15)16-9-6-10-18(13-16)31(2,27)28/h3-14,21,24H,1-2H3,(H,25,26). The fourth-order valence-corrected chi connectivity index (χ4v) is 4.61. The first kappa shape index (κ1) is 23.6. The highest BCUT2D eigenvalue weighted by molar-refractivity contribution is 7.90. The smallest absolute Gasteiger partial charge is 0.252 e. The molecule has 0 spiro atoms. The third-order valence-electron chi connectivity index (χ3n) is 4.78. The summed E-state index contributed by atoms with van der Waals surface area (Å²) in [6.45, 7) is 0. The van der Waals surface area contributed by atoms with Crippen LogP contribution in [0, 0.1) is 5.82 Å². The van der Waals surface area contributed by atoms with E-state index in [0.717, 1.165) is 25.4 Å². The van der Waals surface area contributed by atoms with Crippen molar-refractivity contribution in [2.45, 2.75) is 15.8 Å². The molecule has 3 rings (SSSR count). The first-order valence-corrected chi connectivity index (χ1v) is 12.8. The molecule has 3 aromatic rings. The Morgan fingerprint density at radius 2 is 1.53 bits per heavy atom. The average Bonchev–Trinajstić information content (AvgIpc) is 2.77. The molecule has 168 valence electrons. The maximum atomic E-state index is 14.1. The van der Waals surface area contributed by atoms with Crippen LogP contribution in [0.15, 0.2) is 82.6 Å². The molecule has 1 unspecified atom stereocenters. The van der Waals surface area contributed by atoms with Crippen LogP contribution in [0.5, 0.6) is 0 Å². The number of halogens is 1. The van der Waals surface area contributed by atoms with Gasteiger partial charge in [-0.3, -0.25) is 4.79 Å². The van der Waals surface area contributed by atoms with E-state index in [4.69, 9.17) is 0 Å². The molecule has 7 nitrogen and oxygen atoms in total. The van der Waals surface area contributed by atoms with E-state index < -0.39 is 42.5 Å². The van der Waals surface area contributed by atoms with Gasteiger partial charge in [0.2, 0.25) is 10.0 Å². The summed E-state index contributed by atoms with van der Waals surface area (Å²) in [4.78, 5) is 12.4. The van der Waals surface area contributed by atoms with E-state index in [2.05, 4.69) is 5.32 Å². The summed E-state index contributed by atoms with van der Waals surface area (Å²) in [6.07, 6.45) is 1.09. The topological polar surface area (TPSA) is 109 Å². The molecule has 0 heterocycles. The predicted molar refractivity (Wildman–Crippen MR) is 118 cm³/mol. The van der Waals surface area contributed by atoms with E-state index in [1.54, 1.807) is 42.5 Å². The summed E-state index contributed by atoms with van der Waals surface area (Å²) in [5, 5.41) is 2.79. The number of sulfone groups is 1. The number of amides is 1. The fourth-order valence-electron chi connectivity index (χ4n) is 3.10. The van der Waals surface area contributed by atoms with Gasteiger partial charge in [-0.25, -0.2) is 25.9 Å². The quantitative estimate of drug-likeness (QED) is 0.545. The van der Waals surface area contributed by atoms with Gasteiger partial charge in [0.15, 0.2) is 9.84 Å². The molecule has 0 aliphatic carbocycles. The van der Waals surface area contributed by atoms with Crippen LogP contribution in [-0.2, 0) is 19.9 Å². The van der Waals surface area contributed by atoms with Gasteiger partial charge in [0.05, 0.1) is 10.9 Å². The zero-order valence-corrected chi connectivity index (χ0v) is 18.9. The van der Waals surface area contributed by atoms with Crippen LogP contribution >= 0.6 is 0 Å². The van der Waals surface area contributed by atoms with Crippen LogP contribution < -0.4 is 10.0 Å². The van der Waals surface area contributed by atoms with Gasteiger partial charge >= 0.3 is 0 Å². The summed E-state index contributed by atoms with van der Waals surface area (Å²) in [5.74, 6) is -1.65. The molecule has 3 aromatic carbocycles. The van der Waals surface area contributed by atoms with Gasteiger partial charge in [-0.05, 0) is 48.5 Å². The van der Waals surface area contributed by atoms with E-state index in [0.29, 0.717) is 11.1 Å². The number of hydrogen-bond donors (Lipinski definition) is 2. The molecule has 2 N–H and O–H groups in total. The van der Waals surface area contributed by atoms with Crippen LogP contribution in [0.4, 0.5) is 4.39 Å². The third kappa shape index (κ3) is 5.21. The van der Waals surface area contributed by atoms with Crippen LogP contribution in [0.1, 0.15) is 27.5 Å². The second-order valence-corrected chi connectivity index (χ2v) is 10.9. The monoisotopic (exact) mass is 476 g/mol. The van der Waals surface area contributed by atoms with Gasteiger partial charge in [-0.1, -0.05) is 42.5 Å². The first-order valence-electron chi connectivity index (χ1n) is 9.42. The SMILES string of the molecule is CNS(=O)(=O)c1cc(C(=O)NC(c2ccccc2)c2cccc(S(C)(=O)=O)c2)ccc1F. The average molecular weight is 477 g/mol. The largest absolute Gasteiger partial charge is 0.341 e. The van der Waals surface area contributed by atoms with E-state index in [1.807, 2.05) is 4.72 Å². The summed E-state index contributed by atoms with van der Waals surface area (Å²) in [6, 6.07) is 17.3. The van der Waals surface area contributed by atoms with E-state index in [-0.39, 0.29) is 10.5 Å². The molecule has 0 aromatic heterocycles. The van der Waals surface area contributed by atoms with Crippen LogP contribution in [0.3, 0.4) is 0 Å². The van der Waals surface area contributed by atoms with E-state index in [1.165, 1.54) is 18.2 Å². The highest BCUT2D eigenvalue weighted by Gasteiger charge is 2.23. The van der Waals surface area contributed by atoms with Crippen molar-refractivity contribution >= 4 is 25.8 Å². The van der Waals surface area contributed by atoms with Crippen molar-refractivity contribution in [1.82, 2.24) is 10.0 Å². The third-order valence-corrected chi connectivity index (χ3v) is 7.32. The van der Waals surface area contributed by atoms with Crippen molar-refractivity contribution in [3.8, 4) is 0 Å². The molecule has 0 bridgehead atoms. The maximum Gasteiger partial charge on any atom is 0.252 e. The van der Waals surface area contributed by atoms with Crippen LogP contribution in [0.25, 0.3) is 0 Å². The van der Waals surface area contributed by atoms with Crippen molar-refractivity contribution in [1.29, 1.82) is 0 Å². The zero-order chi connectivity index (χ0) is 23.5. The van der Waals surface area contributed by atoms with Gasteiger partial charge in [-0.15, -0.1) is 0 Å². The molecule has 10 heteroatoms. The highest BCUT2D eigenvalue weighted by atomic mass is 32.2. The fraction of sp³-hybridized carbons (Fsp3) is 0.136. The van der Waals surface area contributed by atoms with Crippen LogP contribution in [0.2, 0.25) is 0 Å². The minimum atomic E-state index is -4.11. The van der Waals surface area contributed by atoms with E-state index >= 15 is 0 Å². The van der Waals surface area contributed by atoms with Crippen molar-refractivity contribution in [2.75, 3.05) is 13.3 Å². The Balaban J connectivity index is 2.04. The zero-order valence-electron chi connectivity index (χ0n) is 17.2. The molecule has 1 amide bonds. The number of nitrogens with one attached hydrogen (secondary N) is 2. The number of sulfonamides is 1. The molecule has 0 aliphatic rings. The number of rotatable bonds is 7. The van der Waals surface area contributed by atoms with E-state index in [9.17, 15) is 26.0 Å². The number of carbonyl (C=O) groups is 1. The summed E-state index contributed by atoms with van der Waals surface area (Å²) in [5.41, 5.74) is 1.12. The molecular formula is C22H21FN2O5S2. The summed E-state index contributed by atoms with van der Waals surface area (Å²) < 4.78 is 64.2. The Morgan fingerprint density at radius 3 is 2.16 bits per heavy atom. The lowest BCUT2D eigenvalue weighted by atomic mass is 9.98. The Hall–Kier alpha value is -3.08. The number of carbonyl (C=O) groups excluding carboxylic acids is 1. The highest BCUT2D eigenvalue weighted by Crippen LogP contribution is 2.25. The Labute approximate surface area is 186 Å².